The van der Waals surface area contributed by atoms with Crippen LogP contribution < -0.4 is 5.32 Å². The van der Waals surface area contributed by atoms with Gasteiger partial charge in [0.05, 0.1) is 33.9 Å². The number of carbonyl (C=O) groups excluding carboxylic acids is 1. The Morgan fingerprint density at radius 1 is 1.07 bits per heavy atom. The van der Waals surface area contributed by atoms with Crippen LogP contribution >= 0.6 is 35.0 Å². The predicted molar refractivity (Wildman–Crippen MR) is 117 cm³/mol. The third-order valence-corrected chi connectivity index (χ3v) is 5.86. The van der Waals surface area contributed by atoms with Crippen molar-refractivity contribution in [2.24, 2.45) is 0 Å². The molecule has 9 heteroatoms. The number of benzene rings is 2. The van der Waals surface area contributed by atoms with Crippen LogP contribution in [-0.2, 0) is 11.3 Å². The Labute approximate surface area is 181 Å². The number of hydrogen-bond donors (Lipinski definition) is 1. The molecule has 29 heavy (non-hydrogen) atoms. The number of thioether (sulfide) groups is 1. The van der Waals surface area contributed by atoms with Crippen LogP contribution in [0.3, 0.4) is 0 Å². The molecule has 0 aliphatic rings. The molecular weight excluding hydrogens is 429 g/mol. The summed E-state index contributed by atoms with van der Waals surface area (Å²) in [6, 6.07) is 15.0. The van der Waals surface area contributed by atoms with E-state index in [1.165, 1.54) is 18.1 Å². The predicted octanol–water partition coefficient (Wildman–Crippen LogP) is 4.91. The van der Waals surface area contributed by atoms with Crippen molar-refractivity contribution < 1.29 is 4.79 Å². The van der Waals surface area contributed by atoms with Crippen LogP contribution in [0.2, 0.25) is 10.0 Å². The first-order valence-electron chi connectivity index (χ1n) is 8.68. The fourth-order valence-corrected chi connectivity index (χ4v) is 3.82. The smallest absolute Gasteiger partial charge is 0.234 e. The molecular formula is C20H15Cl2N5OS. The summed E-state index contributed by atoms with van der Waals surface area (Å²) in [5.74, 6) is 0.0211. The molecule has 4 rings (SSSR count). The van der Waals surface area contributed by atoms with Gasteiger partial charge in [-0.3, -0.25) is 4.79 Å². The number of nitrogens with zero attached hydrogens (tertiary/aromatic N) is 4. The Morgan fingerprint density at radius 2 is 1.90 bits per heavy atom. The highest BCUT2D eigenvalue weighted by Crippen LogP contribution is 2.27. The number of halogens is 2. The molecule has 146 valence electrons. The van der Waals surface area contributed by atoms with Gasteiger partial charge < -0.3 is 5.32 Å². The fourth-order valence-electron chi connectivity index (χ4n) is 2.76. The zero-order valence-corrected chi connectivity index (χ0v) is 17.4. The molecule has 0 radical (unpaired) electrons. The number of aromatic nitrogens is 4. The summed E-state index contributed by atoms with van der Waals surface area (Å²) in [7, 11) is 0. The van der Waals surface area contributed by atoms with E-state index in [1.807, 2.05) is 35.0 Å². The molecule has 0 bridgehead atoms. The molecule has 0 saturated carbocycles. The molecule has 0 fully saturated rings. The zero-order valence-electron chi connectivity index (χ0n) is 15.0. The van der Waals surface area contributed by atoms with E-state index in [1.54, 1.807) is 24.4 Å². The third kappa shape index (κ3) is 4.70. The second kappa shape index (κ2) is 8.82. The average molecular weight is 444 g/mol. The summed E-state index contributed by atoms with van der Waals surface area (Å²) < 4.78 is 1.83. The van der Waals surface area contributed by atoms with Crippen LogP contribution in [0.4, 0.5) is 5.69 Å². The van der Waals surface area contributed by atoms with Crippen LogP contribution in [0.25, 0.3) is 11.0 Å². The maximum atomic E-state index is 12.3. The minimum atomic E-state index is -0.170. The number of anilines is 1. The van der Waals surface area contributed by atoms with E-state index < -0.39 is 0 Å². The molecule has 2 heterocycles. The Morgan fingerprint density at radius 3 is 2.69 bits per heavy atom. The molecule has 1 amide bonds. The Balaban J connectivity index is 1.45. The average Bonchev–Trinajstić information content (AvgIpc) is 3.13. The lowest BCUT2D eigenvalue weighted by atomic mass is 10.2. The van der Waals surface area contributed by atoms with Gasteiger partial charge in [0.2, 0.25) is 5.91 Å². The summed E-state index contributed by atoms with van der Waals surface area (Å²) >= 11 is 13.2. The summed E-state index contributed by atoms with van der Waals surface area (Å²) in [4.78, 5) is 21.0. The first-order valence-corrected chi connectivity index (χ1v) is 10.4. The molecule has 0 saturated heterocycles. The van der Waals surface area contributed by atoms with Crippen LogP contribution in [0.1, 0.15) is 5.56 Å². The Kier molecular flexibility index (Phi) is 5.99. The van der Waals surface area contributed by atoms with Crippen molar-refractivity contribution >= 4 is 57.6 Å². The van der Waals surface area contributed by atoms with Gasteiger partial charge in [0.25, 0.3) is 0 Å². The fraction of sp³-hybridized carbons (Fsp3) is 0.100. The van der Waals surface area contributed by atoms with Crippen molar-refractivity contribution in [2.45, 2.75) is 11.6 Å². The minimum absolute atomic E-state index is 0.170. The largest absolute Gasteiger partial charge is 0.325 e. The number of fused-ring (bicyclic) bond motifs is 1. The van der Waals surface area contributed by atoms with Crippen molar-refractivity contribution in [3.8, 4) is 0 Å². The molecule has 0 aliphatic carbocycles. The molecule has 0 atom stereocenters. The third-order valence-electron chi connectivity index (χ3n) is 4.12. The Hall–Kier alpha value is -2.61. The second-order valence-corrected chi connectivity index (χ2v) is 7.95. The summed E-state index contributed by atoms with van der Waals surface area (Å²) in [5, 5.41) is 9.59. The lowest BCUT2D eigenvalue weighted by Gasteiger charge is -2.07. The molecule has 6 nitrogen and oxygen atoms in total. The molecule has 0 aliphatic heterocycles. The number of carbonyl (C=O) groups is 1. The van der Waals surface area contributed by atoms with E-state index in [0.717, 1.165) is 16.6 Å². The van der Waals surface area contributed by atoms with E-state index in [2.05, 4.69) is 20.4 Å². The van der Waals surface area contributed by atoms with Crippen molar-refractivity contribution in [3.63, 3.8) is 0 Å². The SMILES string of the molecule is O=C(CSc1ncnc2c1cnn2Cc1ccccc1)Nc1ccc(Cl)c(Cl)c1. The molecule has 1 N–H and O–H groups in total. The van der Waals surface area contributed by atoms with Crippen LogP contribution in [0.5, 0.6) is 0 Å². The maximum Gasteiger partial charge on any atom is 0.234 e. The molecule has 0 spiro atoms. The monoisotopic (exact) mass is 443 g/mol. The van der Waals surface area contributed by atoms with Crippen LogP contribution in [-0.4, -0.2) is 31.4 Å². The van der Waals surface area contributed by atoms with Crippen LogP contribution in [0.15, 0.2) is 66.1 Å². The van der Waals surface area contributed by atoms with Crippen molar-refractivity contribution in [1.29, 1.82) is 0 Å². The van der Waals surface area contributed by atoms with E-state index in [4.69, 9.17) is 23.2 Å². The lowest BCUT2D eigenvalue weighted by Crippen LogP contribution is -2.14. The summed E-state index contributed by atoms with van der Waals surface area (Å²) in [6.07, 6.45) is 3.22. The minimum Gasteiger partial charge on any atom is -0.325 e. The van der Waals surface area contributed by atoms with Crippen molar-refractivity contribution in [1.82, 2.24) is 19.7 Å². The zero-order chi connectivity index (χ0) is 20.2. The standard InChI is InChI=1S/C20H15Cl2N5OS/c21-16-7-6-14(8-17(16)22)26-18(28)11-29-20-15-9-25-27(19(15)23-12-24-20)10-13-4-2-1-3-5-13/h1-9,12H,10-11H2,(H,26,28). The van der Waals surface area contributed by atoms with E-state index in [9.17, 15) is 4.79 Å². The van der Waals surface area contributed by atoms with Gasteiger partial charge in [-0.2, -0.15) is 5.10 Å². The van der Waals surface area contributed by atoms with E-state index >= 15 is 0 Å². The molecule has 0 unspecified atom stereocenters. The van der Waals surface area contributed by atoms with Gasteiger partial charge >= 0.3 is 0 Å². The van der Waals surface area contributed by atoms with Gasteiger partial charge in [0, 0.05) is 5.69 Å². The van der Waals surface area contributed by atoms with Crippen molar-refractivity contribution in [3.05, 3.63) is 76.7 Å². The van der Waals surface area contributed by atoms with Gasteiger partial charge in [-0.1, -0.05) is 65.3 Å². The number of nitrogens with one attached hydrogen (secondary N) is 1. The quantitative estimate of drug-likeness (QED) is 0.338. The highest BCUT2D eigenvalue weighted by molar-refractivity contribution is 8.00. The summed E-state index contributed by atoms with van der Waals surface area (Å²) in [6.45, 7) is 0.614. The van der Waals surface area contributed by atoms with E-state index in [-0.39, 0.29) is 11.7 Å². The molecule has 2 aromatic carbocycles. The number of hydrogen-bond acceptors (Lipinski definition) is 5. The van der Waals surface area contributed by atoms with Crippen molar-refractivity contribution in [2.75, 3.05) is 11.1 Å². The normalized spacial score (nSPS) is 11.0. The highest BCUT2D eigenvalue weighted by atomic mass is 35.5. The Bertz CT molecular complexity index is 1170. The molecule has 4 aromatic rings. The first-order chi connectivity index (χ1) is 14.1. The first kappa shape index (κ1) is 19.7. The maximum absolute atomic E-state index is 12.3. The van der Waals surface area contributed by atoms with Gasteiger partial charge in [-0.05, 0) is 23.8 Å². The topological polar surface area (TPSA) is 72.7 Å². The van der Waals surface area contributed by atoms with Crippen LogP contribution in [0, 0.1) is 0 Å². The highest BCUT2D eigenvalue weighted by Gasteiger charge is 2.13. The number of amides is 1. The van der Waals surface area contributed by atoms with Gasteiger partial charge in [0.1, 0.15) is 11.4 Å². The number of rotatable bonds is 6. The van der Waals surface area contributed by atoms with Gasteiger partial charge in [-0.25, -0.2) is 14.6 Å². The summed E-state index contributed by atoms with van der Waals surface area (Å²) in [5.41, 5.74) is 2.45. The van der Waals surface area contributed by atoms with E-state index in [0.29, 0.717) is 27.3 Å². The van der Waals surface area contributed by atoms with Gasteiger partial charge in [0.15, 0.2) is 5.65 Å². The lowest BCUT2D eigenvalue weighted by molar-refractivity contribution is -0.113. The van der Waals surface area contributed by atoms with Gasteiger partial charge in [-0.15, -0.1) is 0 Å². The second-order valence-electron chi connectivity index (χ2n) is 6.17. The molecule has 2 aromatic heterocycles.